The normalized spacial score (nSPS) is 18.8. The molecule has 1 aromatic carbocycles. The van der Waals surface area contributed by atoms with Gasteiger partial charge in [0.25, 0.3) is 0 Å². The zero-order valence-electron chi connectivity index (χ0n) is 11.0. The molecule has 19 heavy (non-hydrogen) atoms. The first kappa shape index (κ1) is 12.8. The molecule has 1 saturated heterocycles. The highest BCUT2D eigenvalue weighted by Gasteiger charge is 2.14. The molecule has 1 N–H and O–H groups in total. The van der Waals surface area contributed by atoms with Crippen LogP contribution in [0.5, 0.6) is 0 Å². The quantitative estimate of drug-likeness (QED) is 0.908. The number of thioether (sulfide) groups is 1. The molecule has 0 amide bonds. The van der Waals surface area contributed by atoms with Crippen LogP contribution in [0.1, 0.15) is 12.0 Å². The van der Waals surface area contributed by atoms with E-state index in [1.54, 1.807) is 0 Å². The largest absolute Gasteiger partial charge is 0.312 e. The molecule has 2 heterocycles. The summed E-state index contributed by atoms with van der Waals surface area (Å²) in [4.78, 5) is 0. The first-order valence-electron chi connectivity index (χ1n) is 6.80. The Hall–Kier alpha value is -1.26. The Labute approximate surface area is 118 Å². The lowest BCUT2D eigenvalue weighted by atomic mass is 10.1. The Kier molecular flexibility index (Phi) is 4.20. The van der Waals surface area contributed by atoms with Crippen molar-refractivity contribution in [1.82, 2.24) is 15.1 Å². The lowest BCUT2D eigenvalue weighted by Crippen LogP contribution is -2.23. The van der Waals surface area contributed by atoms with E-state index < -0.39 is 0 Å². The minimum atomic E-state index is 0.849. The summed E-state index contributed by atoms with van der Waals surface area (Å²) in [6.45, 7) is 2.04. The summed E-state index contributed by atoms with van der Waals surface area (Å²) in [5, 5.41) is 7.91. The zero-order chi connectivity index (χ0) is 12.9. The summed E-state index contributed by atoms with van der Waals surface area (Å²) in [6, 6.07) is 10.4. The topological polar surface area (TPSA) is 29.9 Å². The van der Waals surface area contributed by atoms with E-state index in [2.05, 4.69) is 46.4 Å². The Morgan fingerprint density at radius 1 is 1.32 bits per heavy atom. The number of nitrogens with one attached hydrogen (secondary N) is 1. The van der Waals surface area contributed by atoms with Crippen molar-refractivity contribution in [3.05, 3.63) is 48.3 Å². The molecule has 1 aliphatic heterocycles. The summed E-state index contributed by atoms with van der Waals surface area (Å²) in [5.74, 6) is 3.49. The molecule has 4 heteroatoms. The number of aromatic nitrogens is 2. The van der Waals surface area contributed by atoms with Crippen molar-refractivity contribution in [1.29, 1.82) is 0 Å². The van der Waals surface area contributed by atoms with Crippen molar-refractivity contribution in [2.75, 3.05) is 18.1 Å². The van der Waals surface area contributed by atoms with Gasteiger partial charge in [0, 0.05) is 18.9 Å². The van der Waals surface area contributed by atoms with E-state index in [9.17, 15) is 0 Å². The van der Waals surface area contributed by atoms with Crippen molar-refractivity contribution >= 4 is 11.8 Å². The second-order valence-corrected chi connectivity index (χ2v) is 6.09. The SMILES string of the molecule is c1ccc(-n2cccn2)c(CNCC2CCSC2)c1. The second kappa shape index (κ2) is 6.26. The van der Waals surface area contributed by atoms with Gasteiger partial charge in [0.2, 0.25) is 0 Å². The minimum Gasteiger partial charge on any atom is -0.312 e. The molecule has 1 fully saturated rings. The van der Waals surface area contributed by atoms with Gasteiger partial charge in [-0.1, -0.05) is 18.2 Å². The summed E-state index contributed by atoms with van der Waals surface area (Å²) >= 11 is 2.08. The molecule has 0 spiro atoms. The zero-order valence-corrected chi connectivity index (χ0v) is 11.8. The van der Waals surface area contributed by atoms with Gasteiger partial charge < -0.3 is 5.32 Å². The highest BCUT2D eigenvalue weighted by molar-refractivity contribution is 7.99. The van der Waals surface area contributed by atoms with Gasteiger partial charge in [0.05, 0.1) is 5.69 Å². The monoisotopic (exact) mass is 273 g/mol. The number of hydrogen-bond acceptors (Lipinski definition) is 3. The van der Waals surface area contributed by atoms with Gasteiger partial charge in [-0.2, -0.15) is 16.9 Å². The van der Waals surface area contributed by atoms with Crippen LogP contribution in [0.2, 0.25) is 0 Å². The van der Waals surface area contributed by atoms with E-state index in [-0.39, 0.29) is 0 Å². The second-order valence-electron chi connectivity index (χ2n) is 4.94. The van der Waals surface area contributed by atoms with Crippen molar-refractivity contribution < 1.29 is 0 Å². The van der Waals surface area contributed by atoms with Gasteiger partial charge in [0.1, 0.15) is 0 Å². The standard InChI is InChI=1S/C15H19N3S/c1-2-5-15(18-8-3-7-17-18)14(4-1)11-16-10-13-6-9-19-12-13/h1-5,7-8,13,16H,6,9-12H2. The lowest BCUT2D eigenvalue weighted by molar-refractivity contribution is 0.522. The molecule has 100 valence electrons. The van der Waals surface area contributed by atoms with E-state index >= 15 is 0 Å². The third kappa shape index (κ3) is 3.19. The molecule has 0 radical (unpaired) electrons. The molecule has 2 aromatic rings. The van der Waals surface area contributed by atoms with E-state index in [0.29, 0.717) is 0 Å². The predicted octanol–water partition coefficient (Wildman–Crippen LogP) is 2.72. The van der Waals surface area contributed by atoms with Crippen LogP contribution in [0, 0.1) is 5.92 Å². The minimum absolute atomic E-state index is 0.849. The molecule has 0 aliphatic carbocycles. The van der Waals surface area contributed by atoms with Gasteiger partial charge >= 0.3 is 0 Å². The molecule has 0 saturated carbocycles. The summed E-state index contributed by atoms with van der Waals surface area (Å²) < 4.78 is 1.93. The van der Waals surface area contributed by atoms with Crippen LogP contribution in [-0.2, 0) is 6.54 Å². The fourth-order valence-electron chi connectivity index (χ4n) is 2.45. The molecule has 1 unspecified atom stereocenters. The molecular formula is C15H19N3S. The molecular weight excluding hydrogens is 254 g/mol. The lowest BCUT2D eigenvalue weighted by Gasteiger charge is -2.13. The highest BCUT2D eigenvalue weighted by atomic mass is 32.2. The number of rotatable bonds is 5. The van der Waals surface area contributed by atoms with Crippen molar-refractivity contribution in [3.63, 3.8) is 0 Å². The maximum absolute atomic E-state index is 4.32. The Morgan fingerprint density at radius 3 is 3.05 bits per heavy atom. The number of para-hydroxylation sites is 1. The Morgan fingerprint density at radius 2 is 2.26 bits per heavy atom. The van der Waals surface area contributed by atoms with Crippen LogP contribution in [0.25, 0.3) is 5.69 Å². The molecule has 0 bridgehead atoms. The van der Waals surface area contributed by atoms with Gasteiger partial charge in [-0.15, -0.1) is 0 Å². The van der Waals surface area contributed by atoms with E-state index in [0.717, 1.165) is 19.0 Å². The van der Waals surface area contributed by atoms with Gasteiger partial charge in [-0.25, -0.2) is 4.68 Å². The average Bonchev–Trinajstić information content (AvgIpc) is 3.12. The summed E-state index contributed by atoms with van der Waals surface area (Å²) in [5.41, 5.74) is 2.47. The van der Waals surface area contributed by atoms with E-state index in [1.807, 2.05) is 23.1 Å². The van der Waals surface area contributed by atoms with Crippen LogP contribution in [0.3, 0.4) is 0 Å². The van der Waals surface area contributed by atoms with Crippen molar-refractivity contribution in [3.8, 4) is 5.69 Å². The third-order valence-corrected chi connectivity index (χ3v) is 4.75. The fourth-order valence-corrected chi connectivity index (χ4v) is 3.73. The fraction of sp³-hybridized carbons (Fsp3) is 0.400. The molecule has 1 aromatic heterocycles. The van der Waals surface area contributed by atoms with Crippen molar-refractivity contribution in [2.24, 2.45) is 5.92 Å². The third-order valence-electron chi connectivity index (χ3n) is 3.52. The smallest absolute Gasteiger partial charge is 0.0690 e. The van der Waals surface area contributed by atoms with Crippen LogP contribution in [-0.4, -0.2) is 27.8 Å². The van der Waals surface area contributed by atoms with Crippen LogP contribution >= 0.6 is 11.8 Å². The summed E-state index contributed by atoms with van der Waals surface area (Å²) in [6.07, 6.45) is 5.17. The number of benzene rings is 1. The van der Waals surface area contributed by atoms with Crippen LogP contribution in [0.15, 0.2) is 42.7 Å². The van der Waals surface area contributed by atoms with Crippen molar-refractivity contribution in [2.45, 2.75) is 13.0 Å². The Bertz CT molecular complexity index is 504. The highest BCUT2D eigenvalue weighted by Crippen LogP contribution is 2.22. The molecule has 1 atom stereocenters. The van der Waals surface area contributed by atoms with Crippen LogP contribution < -0.4 is 5.32 Å². The molecule has 3 nitrogen and oxygen atoms in total. The van der Waals surface area contributed by atoms with Crippen LogP contribution in [0.4, 0.5) is 0 Å². The first-order valence-corrected chi connectivity index (χ1v) is 7.95. The molecule has 3 rings (SSSR count). The predicted molar refractivity (Wildman–Crippen MR) is 80.7 cm³/mol. The first-order chi connectivity index (χ1) is 9.43. The maximum Gasteiger partial charge on any atom is 0.0690 e. The Balaban J connectivity index is 1.64. The van der Waals surface area contributed by atoms with E-state index in [1.165, 1.54) is 29.2 Å². The molecule has 1 aliphatic rings. The number of hydrogen-bond donors (Lipinski definition) is 1. The van der Waals surface area contributed by atoms with E-state index in [4.69, 9.17) is 0 Å². The van der Waals surface area contributed by atoms with Gasteiger partial charge in [-0.05, 0) is 48.1 Å². The maximum atomic E-state index is 4.32. The number of nitrogens with zero attached hydrogens (tertiary/aromatic N) is 2. The summed E-state index contributed by atoms with van der Waals surface area (Å²) in [7, 11) is 0. The van der Waals surface area contributed by atoms with Gasteiger partial charge in [-0.3, -0.25) is 0 Å². The average molecular weight is 273 g/mol. The van der Waals surface area contributed by atoms with Gasteiger partial charge in [0.15, 0.2) is 0 Å².